The van der Waals surface area contributed by atoms with Gasteiger partial charge in [0.15, 0.2) is 6.10 Å². The monoisotopic (exact) mass is 287 g/mol. The number of benzene rings is 1. The Morgan fingerprint density at radius 2 is 2.05 bits per heavy atom. The number of rotatable bonds is 3. The second-order valence-electron chi connectivity index (χ2n) is 4.11. The van der Waals surface area contributed by atoms with Crippen LogP contribution in [0.25, 0.3) is 0 Å². The van der Waals surface area contributed by atoms with Crippen LogP contribution < -0.4 is 5.32 Å². The molecule has 1 aromatic carbocycles. The predicted octanol–water partition coefficient (Wildman–Crippen LogP) is 2.05. The molecule has 0 saturated carbocycles. The molecule has 7 heteroatoms. The van der Waals surface area contributed by atoms with Crippen molar-refractivity contribution in [3.05, 3.63) is 29.0 Å². The number of hydrogen-bond acceptors (Lipinski definition) is 3. The van der Waals surface area contributed by atoms with E-state index in [9.17, 15) is 14.0 Å². The van der Waals surface area contributed by atoms with Crippen LogP contribution in [-0.2, 0) is 14.3 Å². The summed E-state index contributed by atoms with van der Waals surface area (Å²) in [4.78, 5) is 22.5. The quantitative estimate of drug-likeness (QED) is 0.892. The topological polar surface area (TPSA) is 75.6 Å². The Kier molecular flexibility index (Phi) is 4.01. The summed E-state index contributed by atoms with van der Waals surface area (Å²) in [5.41, 5.74) is -0.128. The van der Waals surface area contributed by atoms with Crippen molar-refractivity contribution in [2.45, 2.75) is 25.0 Å². The number of nitrogens with one attached hydrogen (secondary N) is 1. The summed E-state index contributed by atoms with van der Waals surface area (Å²) < 4.78 is 18.5. The van der Waals surface area contributed by atoms with Gasteiger partial charge in [-0.15, -0.1) is 0 Å². The molecule has 0 unspecified atom stereocenters. The molecule has 1 aliphatic rings. The Labute approximate surface area is 113 Å². The van der Waals surface area contributed by atoms with E-state index in [1.165, 1.54) is 12.1 Å². The van der Waals surface area contributed by atoms with E-state index in [2.05, 4.69) is 5.32 Å². The van der Waals surface area contributed by atoms with Gasteiger partial charge in [0.1, 0.15) is 11.9 Å². The zero-order chi connectivity index (χ0) is 14.0. The molecule has 102 valence electrons. The van der Waals surface area contributed by atoms with Gasteiger partial charge in [-0.1, -0.05) is 17.7 Å². The number of aliphatic carboxylic acids is 1. The Balaban J connectivity index is 2.04. The van der Waals surface area contributed by atoms with Crippen molar-refractivity contribution in [1.82, 2.24) is 0 Å². The number of carbonyl (C=O) groups excluding carboxylic acids is 1. The molecule has 5 nitrogen and oxygen atoms in total. The summed E-state index contributed by atoms with van der Waals surface area (Å²) in [5, 5.41) is 11.1. The second-order valence-corrected chi connectivity index (χ2v) is 4.52. The number of anilines is 1. The van der Waals surface area contributed by atoms with Crippen LogP contribution in [0, 0.1) is 5.82 Å². The number of carbonyl (C=O) groups is 2. The van der Waals surface area contributed by atoms with Gasteiger partial charge in [0.05, 0.1) is 10.7 Å². The Hall–Kier alpha value is -1.66. The van der Waals surface area contributed by atoms with Crippen molar-refractivity contribution in [3.8, 4) is 0 Å². The number of carboxylic acids is 1. The third-order valence-corrected chi connectivity index (χ3v) is 3.11. The summed E-state index contributed by atoms with van der Waals surface area (Å²) in [6.45, 7) is 0. The van der Waals surface area contributed by atoms with E-state index in [-0.39, 0.29) is 23.6 Å². The average Bonchev–Trinajstić information content (AvgIpc) is 2.83. The molecule has 0 spiro atoms. The van der Waals surface area contributed by atoms with E-state index in [4.69, 9.17) is 21.4 Å². The van der Waals surface area contributed by atoms with Crippen molar-refractivity contribution in [2.24, 2.45) is 0 Å². The van der Waals surface area contributed by atoms with E-state index in [1.807, 2.05) is 0 Å². The average molecular weight is 288 g/mol. The lowest BCUT2D eigenvalue weighted by atomic mass is 10.2. The molecule has 1 aromatic rings. The van der Waals surface area contributed by atoms with Gasteiger partial charge in [-0.3, -0.25) is 4.79 Å². The first kappa shape index (κ1) is 13.8. The fourth-order valence-electron chi connectivity index (χ4n) is 1.83. The molecule has 0 bridgehead atoms. The number of halogens is 2. The molecular weight excluding hydrogens is 277 g/mol. The number of carboxylic acid groups (broad SMARTS) is 1. The number of amides is 1. The lowest BCUT2D eigenvalue weighted by Gasteiger charge is -2.13. The van der Waals surface area contributed by atoms with Crippen LogP contribution in [0.2, 0.25) is 5.02 Å². The van der Waals surface area contributed by atoms with Gasteiger partial charge in [0.2, 0.25) is 0 Å². The molecule has 0 aliphatic carbocycles. The standard InChI is InChI=1S/C12H11ClFNO4/c13-6-2-1-3-7(14)10(6)15-11(16)8-4-5-9(19-8)12(17)18/h1-3,8-9H,4-5H2,(H,15,16)(H,17,18)/t8-,9+/m0/s1. The molecule has 0 radical (unpaired) electrons. The van der Waals surface area contributed by atoms with Crippen LogP contribution in [0.15, 0.2) is 18.2 Å². The Morgan fingerprint density at radius 3 is 2.63 bits per heavy atom. The van der Waals surface area contributed by atoms with Gasteiger partial charge in [-0.2, -0.15) is 0 Å². The van der Waals surface area contributed by atoms with E-state index >= 15 is 0 Å². The smallest absolute Gasteiger partial charge is 0.332 e. The normalized spacial score (nSPS) is 22.2. The zero-order valence-electron chi connectivity index (χ0n) is 9.73. The highest BCUT2D eigenvalue weighted by Crippen LogP contribution is 2.26. The Morgan fingerprint density at radius 1 is 1.37 bits per heavy atom. The maximum absolute atomic E-state index is 13.5. The predicted molar refractivity (Wildman–Crippen MR) is 65.6 cm³/mol. The molecule has 1 heterocycles. The summed E-state index contributed by atoms with van der Waals surface area (Å²) in [6.07, 6.45) is -1.38. The molecule has 1 saturated heterocycles. The third-order valence-electron chi connectivity index (χ3n) is 2.80. The molecule has 1 aliphatic heterocycles. The molecule has 2 atom stereocenters. The van der Waals surface area contributed by atoms with E-state index in [0.717, 1.165) is 6.07 Å². The first-order valence-electron chi connectivity index (χ1n) is 5.62. The van der Waals surface area contributed by atoms with Gasteiger partial charge in [-0.25, -0.2) is 9.18 Å². The minimum Gasteiger partial charge on any atom is -0.479 e. The van der Waals surface area contributed by atoms with Crippen molar-refractivity contribution in [3.63, 3.8) is 0 Å². The van der Waals surface area contributed by atoms with E-state index in [1.54, 1.807) is 0 Å². The first-order valence-corrected chi connectivity index (χ1v) is 6.00. The van der Waals surface area contributed by atoms with Gasteiger partial charge < -0.3 is 15.2 Å². The number of hydrogen-bond donors (Lipinski definition) is 2. The van der Waals surface area contributed by atoms with Crippen LogP contribution in [0.1, 0.15) is 12.8 Å². The Bertz CT molecular complexity index is 502. The molecule has 19 heavy (non-hydrogen) atoms. The molecule has 1 fully saturated rings. The van der Waals surface area contributed by atoms with Crippen molar-refractivity contribution in [2.75, 3.05) is 5.32 Å². The van der Waals surface area contributed by atoms with E-state index < -0.39 is 29.9 Å². The molecule has 2 N–H and O–H groups in total. The minimum absolute atomic E-state index is 0.0705. The van der Waals surface area contributed by atoms with E-state index in [0.29, 0.717) is 0 Å². The van der Waals surface area contributed by atoms with Crippen LogP contribution >= 0.6 is 11.6 Å². The van der Waals surface area contributed by atoms with Gasteiger partial charge in [0, 0.05) is 0 Å². The lowest BCUT2D eigenvalue weighted by Crippen LogP contribution is -2.30. The van der Waals surface area contributed by atoms with Gasteiger partial charge in [-0.05, 0) is 25.0 Å². The van der Waals surface area contributed by atoms with Crippen LogP contribution in [0.4, 0.5) is 10.1 Å². The molecule has 2 rings (SSSR count). The third kappa shape index (κ3) is 3.02. The zero-order valence-corrected chi connectivity index (χ0v) is 10.5. The molecule has 0 aromatic heterocycles. The largest absolute Gasteiger partial charge is 0.479 e. The fourth-order valence-corrected chi connectivity index (χ4v) is 2.04. The highest BCUT2D eigenvalue weighted by Gasteiger charge is 2.35. The van der Waals surface area contributed by atoms with Crippen LogP contribution in [0.3, 0.4) is 0 Å². The van der Waals surface area contributed by atoms with Crippen LogP contribution in [0.5, 0.6) is 0 Å². The summed E-state index contributed by atoms with van der Waals surface area (Å²) in [6, 6.07) is 4.02. The number of ether oxygens (including phenoxy) is 1. The van der Waals surface area contributed by atoms with Crippen LogP contribution in [-0.4, -0.2) is 29.2 Å². The summed E-state index contributed by atoms with van der Waals surface area (Å²) >= 11 is 5.77. The highest BCUT2D eigenvalue weighted by molar-refractivity contribution is 6.33. The van der Waals surface area contributed by atoms with Crippen molar-refractivity contribution >= 4 is 29.2 Å². The highest BCUT2D eigenvalue weighted by atomic mass is 35.5. The SMILES string of the molecule is O=C(Nc1c(F)cccc1Cl)[C@@H]1CC[C@H](C(=O)O)O1. The molecular formula is C12H11ClFNO4. The maximum atomic E-state index is 13.5. The van der Waals surface area contributed by atoms with Crippen molar-refractivity contribution in [1.29, 1.82) is 0 Å². The fraction of sp³-hybridized carbons (Fsp3) is 0.333. The molecule has 1 amide bonds. The first-order chi connectivity index (χ1) is 8.99. The number of para-hydroxylation sites is 1. The summed E-state index contributed by atoms with van der Waals surface area (Å²) in [5.74, 6) is -2.37. The van der Waals surface area contributed by atoms with Gasteiger partial charge in [0.25, 0.3) is 5.91 Å². The maximum Gasteiger partial charge on any atom is 0.332 e. The van der Waals surface area contributed by atoms with Crippen molar-refractivity contribution < 1.29 is 23.8 Å². The summed E-state index contributed by atoms with van der Waals surface area (Å²) in [7, 11) is 0. The second kappa shape index (κ2) is 5.54. The minimum atomic E-state index is -1.11. The lowest BCUT2D eigenvalue weighted by molar-refractivity contribution is -0.150. The van der Waals surface area contributed by atoms with Gasteiger partial charge >= 0.3 is 5.97 Å².